The number of pyridine rings is 1. The Morgan fingerprint density at radius 1 is 1.56 bits per heavy atom. The topological polar surface area (TPSA) is 42.2 Å². The van der Waals surface area contributed by atoms with E-state index in [1.54, 1.807) is 12.3 Å². The van der Waals surface area contributed by atoms with Gasteiger partial charge in [-0.15, -0.1) is 0 Å². The van der Waals surface area contributed by atoms with Crippen molar-refractivity contribution in [1.82, 2.24) is 4.98 Å². The third-order valence-electron chi connectivity index (χ3n) is 3.03. The molecule has 1 aliphatic rings. The molecule has 0 spiro atoms. The molecule has 0 saturated heterocycles. The molecule has 0 amide bonds. The maximum Gasteiger partial charge on any atom is 0.170 e. The van der Waals surface area contributed by atoms with Crippen molar-refractivity contribution in [2.75, 3.05) is 18.0 Å². The highest BCUT2D eigenvalue weighted by Crippen LogP contribution is 2.31. The van der Waals surface area contributed by atoms with Crippen molar-refractivity contribution in [1.29, 1.82) is 0 Å². The van der Waals surface area contributed by atoms with Crippen molar-refractivity contribution in [3.63, 3.8) is 0 Å². The Morgan fingerprint density at radius 2 is 2.31 bits per heavy atom. The third-order valence-corrected chi connectivity index (χ3v) is 3.03. The summed E-state index contributed by atoms with van der Waals surface area (Å²) in [5.74, 6) is 0.924. The minimum absolute atomic E-state index is 0.225. The van der Waals surface area contributed by atoms with Gasteiger partial charge in [-0.3, -0.25) is 0 Å². The van der Waals surface area contributed by atoms with Gasteiger partial charge in [-0.25, -0.2) is 9.37 Å². The fourth-order valence-electron chi connectivity index (χ4n) is 1.83. The van der Waals surface area contributed by atoms with E-state index in [1.807, 2.05) is 11.8 Å². The molecule has 1 heterocycles. The van der Waals surface area contributed by atoms with Crippen LogP contribution in [-0.4, -0.2) is 18.1 Å². The Balaban J connectivity index is 2.21. The number of nitrogens with zero attached hydrogens (tertiary/aromatic N) is 2. The molecule has 2 rings (SSSR count). The van der Waals surface area contributed by atoms with E-state index in [0.29, 0.717) is 11.4 Å². The molecular weight excluding hydrogens is 205 g/mol. The van der Waals surface area contributed by atoms with Crippen LogP contribution in [0, 0.1) is 11.7 Å². The molecule has 0 radical (unpaired) electrons. The number of hydrogen-bond donors (Lipinski definition) is 1. The molecule has 0 bridgehead atoms. The molecule has 1 aromatic rings. The second kappa shape index (κ2) is 4.78. The summed E-state index contributed by atoms with van der Waals surface area (Å²) in [7, 11) is 0. The third kappa shape index (κ3) is 2.32. The van der Waals surface area contributed by atoms with Gasteiger partial charge in [0.15, 0.2) is 11.6 Å². The van der Waals surface area contributed by atoms with Gasteiger partial charge in [-0.1, -0.05) is 0 Å². The number of rotatable bonds is 5. The van der Waals surface area contributed by atoms with Crippen molar-refractivity contribution < 1.29 is 4.39 Å². The zero-order valence-corrected chi connectivity index (χ0v) is 9.62. The molecule has 1 aliphatic carbocycles. The van der Waals surface area contributed by atoms with Crippen LogP contribution in [0.1, 0.15) is 25.3 Å². The van der Waals surface area contributed by atoms with E-state index >= 15 is 0 Å². The van der Waals surface area contributed by atoms with Crippen molar-refractivity contribution >= 4 is 5.82 Å². The lowest BCUT2D eigenvalue weighted by Crippen LogP contribution is -2.27. The van der Waals surface area contributed by atoms with Crippen molar-refractivity contribution in [2.45, 2.75) is 26.3 Å². The van der Waals surface area contributed by atoms with Crippen molar-refractivity contribution in [2.24, 2.45) is 11.7 Å². The zero-order valence-electron chi connectivity index (χ0n) is 9.62. The van der Waals surface area contributed by atoms with Gasteiger partial charge in [0.25, 0.3) is 0 Å². The van der Waals surface area contributed by atoms with Crippen LogP contribution in [0.5, 0.6) is 0 Å². The van der Waals surface area contributed by atoms with Crippen LogP contribution in [0.3, 0.4) is 0 Å². The van der Waals surface area contributed by atoms with Gasteiger partial charge >= 0.3 is 0 Å². The number of anilines is 1. The number of halogens is 1. The van der Waals surface area contributed by atoms with E-state index in [9.17, 15) is 4.39 Å². The van der Waals surface area contributed by atoms with Crippen LogP contribution in [-0.2, 0) is 6.54 Å². The molecule has 1 fully saturated rings. The summed E-state index contributed by atoms with van der Waals surface area (Å²) in [5.41, 5.74) is 6.03. The monoisotopic (exact) mass is 223 g/mol. The largest absolute Gasteiger partial charge is 0.354 e. The van der Waals surface area contributed by atoms with E-state index in [2.05, 4.69) is 4.98 Å². The average Bonchev–Trinajstić information content (AvgIpc) is 3.10. The lowest BCUT2D eigenvalue weighted by Gasteiger charge is -2.22. The highest BCUT2D eigenvalue weighted by atomic mass is 19.1. The first-order chi connectivity index (χ1) is 7.76. The minimum Gasteiger partial charge on any atom is -0.354 e. The average molecular weight is 223 g/mol. The van der Waals surface area contributed by atoms with Gasteiger partial charge in [0.2, 0.25) is 0 Å². The summed E-state index contributed by atoms with van der Waals surface area (Å²) >= 11 is 0. The van der Waals surface area contributed by atoms with Crippen LogP contribution in [0.2, 0.25) is 0 Å². The first-order valence-electron chi connectivity index (χ1n) is 5.84. The molecule has 0 unspecified atom stereocenters. The van der Waals surface area contributed by atoms with E-state index in [4.69, 9.17) is 5.73 Å². The minimum atomic E-state index is -0.257. The lowest BCUT2D eigenvalue weighted by atomic mass is 10.2. The summed E-state index contributed by atoms with van der Waals surface area (Å²) in [6.07, 6.45) is 4.15. The highest BCUT2D eigenvalue weighted by molar-refractivity contribution is 5.43. The smallest absolute Gasteiger partial charge is 0.170 e. The van der Waals surface area contributed by atoms with Gasteiger partial charge < -0.3 is 10.6 Å². The molecule has 3 nitrogen and oxygen atoms in total. The molecular formula is C12H18FN3. The second-order valence-electron chi connectivity index (χ2n) is 4.29. The van der Waals surface area contributed by atoms with E-state index in [-0.39, 0.29) is 12.4 Å². The maximum atomic E-state index is 14.0. The summed E-state index contributed by atoms with van der Waals surface area (Å²) in [4.78, 5) is 6.14. The number of aromatic nitrogens is 1. The van der Waals surface area contributed by atoms with Crippen LogP contribution < -0.4 is 10.6 Å². The van der Waals surface area contributed by atoms with E-state index in [1.165, 1.54) is 12.8 Å². The molecule has 16 heavy (non-hydrogen) atoms. The summed E-state index contributed by atoms with van der Waals surface area (Å²) in [6, 6.07) is 1.64. The molecule has 0 atom stereocenters. The zero-order chi connectivity index (χ0) is 11.5. The SMILES string of the molecule is CCN(CC1CC1)c1nccc(CN)c1F. The Bertz CT molecular complexity index is 363. The predicted molar refractivity (Wildman–Crippen MR) is 62.7 cm³/mol. The Hall–Kier alpha value is -1.16. The molecule has 1 saturated carbocycles. The van der Waals surface area contributed by atoms with Gasteiger partial charge in [-0.05, 0) is 31.7 Å². The Morgan fingerprint density at radius 3 is 2.88 bits per heavy atom. The van der Waals surface area contributed by atoms with Gasteiger partial charge in [0.05, 0.1) is 0 Å². The molecule has 4 heteroatoms. The summed E-state index contributed by atoms with van der Waals surface area (Å²) in [6.45, 7) is 3.95. The van der Waals surface area contributed by atoms with Gasteiger partial charge in [-0.2, -0.15) is 0 Å². The molecule has 2 N–H and O–H groups in total. The van der Waals surface area contributed by atoms with Crippen LogP contribution >= 0.6 is 0 Å². The lowest BCUT2D eigenvalue weighted by molar-refractivity contribution is 0.590. The number of hydrogen-bond acceptors (Lipinski definition) is 3. The molecule has 0 aliphatic heterocycles. The maximum absolute atomic E-state index is 14.0. The molecule has 0 aromatic carbocycles. The van der Waals surface area contributed by atoms with Gasteiger partial charge in [0, 0.05) is 31.4 Å². The van der Waals surface area contributed by atoms with E-state index in [0.717, 1.165) is 19.0 Å². The first kappa shape index (κ1) is 11.3. The van der Waals surface area contributed by atoms with Crippen molar-refractivity contribution in [3.8, 4) is 0 Å². The summed E-state index contributed by atoms with van der Waals surface area (Å²) in [5, 5.41) is 0. The quantitative estimate of drug-likeness (QED) is 0.829. The standard InChI is InChI=1S/C12H18FN3/c1-2-16(8-9-3-4-9)12-11(13)10(7-14)5-6-15-12/h5-6,9H,2-4,7-8,14H2,1H3. The second-order valence-corrected chi connectivity index (χ2v) is 4.29. The molecule has 1 aromatic heterocycles. The predicted octanol–water partition coefficient (Wildman–Crippen LogP) is 1.92. The fourth-order valence-corrected chi connectivity index (χ4v) is 1.83. The Kier molecular flexibility index (Phi) is 3.39. The van der Waals surface area contributed by atoms with Crippen molar-refractivity contribution in [3.05, 3.63) is 23.6 Å². The first-order valence-corrected chi connectivity index (χ1v) is 5.84. The molecule has 88 valence electrons. The number of nitrogens with two attached hydrogens (primary N) is 1. The van der Waals surface area contributed by atoms with Crippen LogP contribution in [0.4, 0.5) is 10.2 Å². The van der Waals surface area contributed by atoms with Crippen LogP contribution in [0.25, 0.3) is 0 Å². The normalized spacial score (nSPS) is 15.2. The van der Waals surface area contributed by atoms with Gasteiger partial charge in [0.1, 0.15) is 0 Å². The Labute approximate surface area is 95.5 Å². The highest BCUT2D eigenvalue weighted by Gasteiger charge is 2.25. The van der Waals surface area contributed by atoms with E-state index < -0.39 is 0 Å². The fraction of sp³-hybridized carbons (Fsp3) is 0.583. The summed E-state index contributed by atoms with van der Waals surface area (Å²) < 4.78 is 14.0. The van der Waals surface area contributed by atoms with Crippen LogP contribution in [0.15, 0.2) is 12.3 Å².